The number of rotatable bonds is 18. The summed E-state index contributed by atoms with van der Waals surface area (Å²) in [6.45, 7) is 3.62. The number of aliphatic hydroxyl groups excluding tert-OH is 6. The monoisotopic (exact) mass is 693 g/mol. The lowest BCUT2D eigenvalue weighted by Crippen LogP contribution is -2.49. The molecule has 48 heavy (non-hydrogen) atoms. The van der Waals surface area contributed by atoms with E-state index in [1.54, 1.807) is 24.3 Å². The molecule has 0 bridgehead atoms. The van der Waals surface area contributed by atoms with Gasteiger partial charge in [-0.25, -0.2) is 8.42 Å². The summed E-state index contributed by atoms with van der Waals surface area (Å²) in [5.41, 5.74) is 1.77. The third-order valence-electron chi connectivity index (χ3n) is 9.55. The van der Waals surface area contributed by atoms with Gasteiger partial charge in [-0.1, -0.05) is 38.8 Å². The van der Waals surface area contributed by atoms with E-state index in [9.17, 15) is 38.7 Å². The zero-order valence-corrected chi connectivity index (χ0v) is 29.4. The molecule has 0 aliphatic carbocycles. The molecule has 0 saturated heterocycles. The Bertz CT molecular complexity index is 1440. The standard InChI is InChI=1S/C35H55N3O9S/c1-5-7-16-35(6-2)22-48(46,47)29-15-14-25(38(3)4)19-26(29)31(34(35)45)23-11-10-12-24(18-23)37-30(42)13-8-9-17-36-20-27(40)32(43)33(44)28(41)21-39/h10-12,14-15,18-19,27-28,31-34,36,39-41,43-45H,5-9,13,16-17,20-22H2,1-4H3,(H,37,42)/t27-,28+,31+,32+,33+,34+,35?/m0/s1. The van der Waals surface area contributed by atoms with Gasteiger partial charge >= 0.3 is 0 Å². The largest absolute Gasteiger partial charge is 0.394 e. The molecule has 8 N–H and O–H groups in total. The van der Waals surface area contributed by atoms with Crippen LogP contribution in [-0.4, -0.2) is 115 Å². The Morgan fingerprint density at radius 2 is 1.71 bits per heavy atom. The minimum atomic E-state index is -3.72. The second-order valence-electron chi connectivity index (χ2n) is 13.3. The van der Waals surface area contributed by atoms with Crippen LogP contribution in [0.2, 0.25) is 0 Å². The SMILES string of the molecule is CCCCC1(CC)CS(=O)(=O)c2ccc(N(C)C)cc2[C@@H](c2cccc(NC(=O)CCCCNC[C@H](O)[C@@H](O)[C@H](O)[C@H](O)CO)c2)[C@H]1O. The minimum absolute atomic E-state index is 0.0550. The Morgan fingerprint density at radius 3 is 2.35 bits per heavy atom. The molecule has 3 rings (SSSR count). The van der Waals surface area contributed by atoms with E-state index in [0.29, 0.717) is 49.0 Å². The molecule has 13 heteroatoms. The first kappa shape index (κ1) is 39.8. The quantitative estimate of drug-likeness (QED) is 0.106. The number of carbonyl (C=O) groups excluding carboxylic acids is 1. The van der Waals surface area contributed by atoms with Gasteiger partial charge < -0.3 is 46.2 Å². The second kappa shape index (κ2) is 17.9. The van der Waals surface area contributed by atoms with Crippen LogP contribution in [0.15, 0.2) is 47.4 Å². The van der Waals surface area contributed by atoms with Crippen molar-refractivity contribution in [3.05, 3.63) is 53.6 Å². The summed E-state index contributed by atoms with van der Waals surface area (Å²) in [5.74, 6) is -0.991. The van der Waals surface area contributed by atoms with E-state index in [1.165, 1.54) is 0 Å². The summed E-state index contributed by atoms with van der Waals surface area (Å²) in [5, 5.41) is 66.0. The van der Waals surface area contributed by atoms with E-state index < -0.39 is 58.3 Å². The molecule has 0 aromatic heterocycles. The Kier molecular flexibility index (Phi) is 14.8. The van der Waals surface area contributed by atoms with Crippen LogP contribution in [0.1, 0.15) is 75.8 Å². The molecular weight excluding hydrogens is 638 g/mol. The number of unbranched alkanes of at least 4 members (excludes halogenated alkanes) is 2. The van der Waals surface area contributed by atoms with E-state index in [-0.39, 0.29) is 29.5 Å². The van der Waals surface area contributed by atoms with Crippen molar-refractivity contribution < 1.29 is 43.9 Å². The van der Waals surface area contributed by atoms with Gasteiger partial charge in [0.25, 0.3) is 0 Å². The number of nitrogens with one attached hydrogen (secondary N) is 2. The predicted molar refractivity (Wildman–Crippen MR) is 186 cm³/mol. The molecule has 0 fully saturated rings. The Morgan fingerprint density at radius 1 is 1.00 bits per heavy atom. The predicted octanol–water partition coefficient (Wildman–Crippen LogP) is 1.75. The topological polar surface area (TPSA) is 200 Å². The van der Waals surface area contributed by atoms with Crippen LogP contribution < -0.4 is 15.5 Å². The van der Waals surface area contributed by atoms with Crippen molar-refractivity contribution in [3.63, 3.8) is 0 Å². The van der Waals surface area contributed by atoms with Gasteiger partial charge in [0.15, 0.2) is 9.84 Å². The fourth-order valence-electron chi connectivity index (χ4n) is 6.51. The van der Waals surface area contributed by atoms with E-state index in [1.807, 2.05) is 44.1 Å². The molecule has 12 nitrogen and oxygen atoms in total. The molecule has 2 aromatic rings. The summed E-state index contributed by atoms with van der Waals surface area (Å²) < 4.78 is 27.8. The van der Waals surface area contributed by atoms with Gasteiger partial charge in [0.05, 0.1) is 29.5 Å². The van der Waals surface area contributed by atoms with Crippen LogP contribution in [0.3, 0.4) is 0 Å². The first-order valence-electron chi connectivity index (χ1n) is 16.9. The van der Waals surface area contributed by atoms with E-state index in [4.69, 9.17) is 5.11 Å². The molecule has 1 aliphatic rings. The van der Waals surface area contributed by atoms with Gasteiger partial charge in [-0.3, -0.25) is 4.79 Å². The summed E-state index contributed by atoms with van der Waals surface area (Å²) in [4.78, 5) is 15.0. The molecular formula is C35H55N3O9S. The third kappa shape index (κ3) is 9.75. The molecule has 0 saturated carbocycles. The summed E-state index contributed by atoms with van der Waals surface area (Å²) >= 11 is 0. The summed E-state index contributed by atoms with van der Waals surface area (Å²) in [6.07, 6.45) is -3.17. The highest BCUT2D eigenvalue weighted by Gasteiger charge is 2.49. The normalized spacial score (nSPS) is 23.0. The molecule has 1 aliphatic heterocycles. The molecule has 1 unspecified atom stereocenters. The van der Waals surface area contributed by atoms with Crippen molar-refractivity contribution >= 4 is 27.1 Å². The lowest BCUT2D eigenvalue weighted by molar-refractivity contribution is -0.116. The van der Waals surface area contributed by atoms with Crippen LogP contribution in [0.25, 0.3) is 0 Å². The number of benzene rings is 2. The molecule has 1 amide bonds. The maximum absolute atomic E-state index is 13.9. The van der Waals surface area contributed by atoms with Gasteiger partial charge in [0.1, 0.15) is 18.3 Å². The molecule has 7 atom stereocenters. The van der Waals surface area contributed by atoms with E-state index in [2.05, 4.69) is 17.6 Å². The summed E-state index contributed by atoms with van der Waals surface area (Å²) in [7, 11) is 0.0475. The first-order chi connectivity index (χ1) is 22.7. The maximum Gasteiger partial charge on any atom is 0.224 e. The maximum atomic E-state index is 13.9. The number of carbonyl (C=O) groups is 1. The number of anilines is 2. The molecule has 0 radical (unpaired) electrons. The average Bonchev–Trinajstić information content (AvgIpc) is 3.13. The summed E-state index contributed by atoms with van der Waals surface area (Å²) in [6, 6.07) is 12.5. The van der Waals surface area contributed by atoms with Crippen LogP contribution >= 0.6 is 0 Å². The number of hydrogen-bond donors (Lipinski definition) is 8. The molecule has 1 heterocycles. The van der Waals surface area contributed by atoms with Crippen LogP contribution in [0, 0.1) is 5.41 Å². The van der Waals surface area contributed by atoms with Crippen LogP contribution in [0.4, 0.5) is 11.4 Å². The smallest absolute Gasteiger partial charge is 0.224 e. The van der Waals surface area contributed by atoms with Crippen molar-refractivity contribution in [1.29, 1.82) is 0 Å². The van der Waals surface area contributed by atoms with Crippen LogP contribution in [-0.2, 0) is 14.6 Å². The molecule has 2 aromatic carbocycles. The number of amides is 1. The highest BCUT2D eigenvalue weighted by atomic mass is 32.2. The Hall–Kier alpha value is -2.62. The van der Waals surface area contributed by atoms with Crippen molar-refractivity contribution in [2.24, 2.45) is 5.41 Å². The zero-order chi connectivity index (χ0) is 35.6. The van der Waals surface area contributed by atoms with Gasteiger partial charge in [-0.15, -0.1) is 0 Å². The highest BCUT2D eigenvalue weighted by Crippen LogP contribution is 2.49. The molecule has 270 valence electrons. The van der Waals surface area contributed by atoms with Gasteiger partial charge in [0, 0.05) is 49.8 Å². The van der Waals surface area contributed by atoms with Crippen molar-refractivity contribution in [1.82, 2.24) is 5.32 Å². The van der Waals surface area contributed by atoms with Gasteiger partial charge in [-0.2, -0.15) is 0 Å². The number of hydrogen-bond acceptors (Lipinski definition) is 11. The number of nitrogens with zero attached hydrogens (tertiary/aromatic N) is 1. The lowest BCUT2D eigenvalue weighted by Gasteiger charge is -2.39. The van der Waals surface area contributed by atoms with Crippen molar-refractivity contribution in [3.8, 4) is 0 Å². The Balaban J connectivity index is 1.74. The number of sulfone groups is 1. The van der Waals surface area contributed by atoms with Gasteiger partial charge in [-0.05, 0) is 73.7 Å². The van der Waals surface area contributed by atoms with Gasteiger partial charge in [0.2, 0.25) is 5.91 Å². The molecule has 0 spiro atoms. The Labute approximate surface area is 284 Å². The third-order valence-corrected chi connectivity index (χ3v) is 11.5. The van der Waals surface area contributed by atoms with E-state index >= 15 is 0 Å². The van der Waals surface area contributed by atoms with Crippen molar-refractivity contribution in [2.75, 3.05) is 49.8 Å². The first-order valence-corrected chi connectivity index (χ1v) is 18.5. The second-order valence-corrected chi connectivity index (χ2v) is 15.2. The highest BCUT2D eigenvalue weighted by molar-refractivity contribution is 7.91. The number of aliphatic hydroxyl groups is 6. The fraction of sp³-hybridized carbons (Fsp3) is 0.629. The minimum Gasteiger partial charge on any atom is -0.394 e. The van der Waals surface area contributed by atoms with Crippen LogP contribution in [0.5, 0.6) is 0 Å². The zero-order valence-electron chi connectivity index (χ0n) is 28.5. The van der Waals surface area contributed by atoms with E-state index in [0.717, 1.165) is 18.5 Å². The average molecular weight is 694 g/mol. The fourth-order valence-corrected chi connectivity index (χ4v) is 8.76. The lowest BCUT2D eigenvalue weighted by atomic mass is 9.69. The number of fused-ring (bicyclic) bond motifs is 1. The van der Waals surface area contributed by atoms with Crippen molar-refractivity contribution in [2.45, 2.75) is 100 Å².